The van der Waals surface area contributed by atoms with Crippen molar-refractivity contribution in [1.82, 2.24) is 4.90 Å². The van der Waals surface area contributed by atoms with Gasteiger partial charge in [-0.1, -0.05) is 25.4 Å². The van der Waals surface area contributed by atoms with Gasteiger partial charge in [0, 0.05) is 24.5 Å². The highest BCUT2D eigenvalue weighted by atomic mass is 35.5. The molecule has 0 fully saturated rings. The topological polar surface area (TPSA) is 29.5 Å². The summed E-state index contributed by atoms with van der Waals surface area (Å²) in [6.45, 7) is 5.59. The zero-order valence-electron chi connectivity index (χ0n) is 13.3. The Balaban J connectivity index is 2.18. The summed E-state index contributed by atoms with van der Waals surface area (Å²) in [6, 6.07) is 7.37. The molecule has 0 spiro atoms. The number of carbonyl (C=O) groups is 1. The normalized spacial score (nSPS) is 10.7. The van der Waals surface area contributed by atoms with Gasteiger partial charge in [-0.15, -0.1) is 0 Å². The fraction of sp³-hybridized carbons (Fsp3) is 0.588. The third-order valence-corrected chi connectivity index (χ3v) is 3.93. The van der Waals surface area contributed by atoms with Crippen molar-refractivity contribution in [3.8, 4) is 5.75 Å². The quantitative estimate of drug-likeness (QED) is 0.633. The highest BCUT2D eigenvalue weighted by Crippen LogP contribution is 2.16. The van der Waals surface area contributed by atoms with Crippen LogP contribution in [0, 0.1) is 5.92 Å². The average molecular weight is 312 g/mol. The summed E-state index contributed by atoms with van der Waals surface area (Å²) in [7, 11) is 1.89. The summed E-state index contributed by atoms with van der Waals surface area (Å²) in [5.41, 5.74) is 0. The first-order valence-electron chi connectivity index (χ1n) is 7.71. The second kappa shape index (κ2) is 9.67. The molecule has 0 aromatic heterocycles. The van der Waals surface area contributed by atoms with Crippen molar-refractivity contribution in [2.24, 2.45) is 5.92 Å². The van der Waals surface area contributed by atoms with Gasteiger partial charge < -0.3 is 9.64 Å². The Bertz CT molecular complexity index is 415. The Morgan fingerprint density at radius 3 is 2.38 bits per heavy atom. The van der Waals surface area contributed by atoms with E-state index in [1.807, 2.05) is 36.2 Å². The predicted octanol–water partition coefficient (Wildman–Crippen LogP) is 4.39. The van der Waals surface area contributed by atoms with Gasteiger partial charge in [-0.05, 0) is 49.9 Å². The molecular weight excluding hydrogens is 286 g/mol. The zero-order chi connectivity index (χ0) is 15.7. The maximum absolute atomic E-state index is 12.1. The van der Waals surface area contributed by atoms with Gasteiger partial charge in [-0.2, -0.15) is 0 Å². The number of unbranched alkanes of at least 4 members (excludes halogenated alkanes) is 1. The SMILES string of the molecule is CCC(CC)C(=O)N(C)CCCCOc1ccc(Cl)cc1. The van der Waals surface area contributed by atoms with E-state index in [0.29, 0.717) is 11.6 Å². The molecule has 0 N–H and O–H groups in total. The van der Waals surface area contributed by atoms with E-state index in [0.717, 1.165) is 38.0 Å². The fourth-order valence-electron chi connectivity index (χ4n) is 2.23. The summed E-state index contributed by atoms with van der Waals surface area (Å²) in [5.74, 6) is 1.26. The van der Waals surface area contributed by atoms with Crippen molar-refractivity contribution < 1.29 is 9.53 Å². The first kappa shape index (κ1) is 17.8. The Kier molecular flexibility index (Phi) is 8.21. The number of hydrogen-bond donors (Lipinski definition) is 0. The van der Waals surface area contributed by atoms with E-state index in [9.17, 15) is 4.79 Å². The van der Waals surface area contributed by atoms with Gasteiger partial charge in [0.1, 0.15) is 5.75 Å². The fourth-order valence-corrected chi connectivity index (χ4v) is 2.36. The molecule has 21 heavy (non-hydrogen) atoms. The third kappa shape index (κ3) is 6.38. The van der Waals surface area contributed by atoms with Gasteiger partial charge in [0.25, 0.3) is 0 Å². The molecule has 0 atom stereocenters. The van der Waals surface area contributed by atoms with Crippen LogP contribution in [0.5, 0.6) is 5.75 Å². The number of ether oxygens (including phenoxy) is 1. The van der Waals surface area contributed by atoms with Crippen LogP contribution in [0.2, 0.25) is 5.02 Å². The minimum absolute atomic E-state index is 0.167. The first-order chi connectivity index (χ1) is 10.1. The van der Waals surface area contributed by atoms with Gasteiger partial charge in [0.2, 0.25) is 5.91 Å². The standard InChI is InChI=1S/C17H26ClNO2/c1-4-14(5-2)17(20)19(3)12-6-7-13-21-16-10-8-15(18)9-11-16/h8-11,14H,4-7,12-13H2,1-3H3. The Labute approximate surface area is 133 Å². The first-order valence-corrected chi connectivity index (χ1v) is 8.09. The van der Waals surface area contributed by atoms with E-state index >= 15 is 0 Å². The molecule has 0 saturated heterocycles. The van der Waals surface area contributed by atoms with Crippen molar-refractivity contribution >= 4 is 17.5 Å². The van der Waals surface area contributed by atoms with Crippen LogP contribution >= 0.6 is 11.6 Å². The Morgan fingerprint density at radius 1 is 1.19 bits per heavy atom. The predicted molar refractivity (Wildman–Crippen MR) is 87.9 cm³/mol. The number of carbonyl (C=O) groups excluding carboxylic acids is 1. The van der Waals surface area contributed by atoms with Crippen LogP contribution in [0.25, 0.3) is 0 Å². The lowest BCUT2D eigenvalue weighted by Crippen LogP contribution is -2.33. The number of hydrogen-bond acceptors (Lipinski definition) is 2. The lowest BCUT2D eigenvalue weighted by molar-refractivity contribution is -0.134. The van der Waals surface area contributed by atoms with Crippen LogP contribution in [-0.2, 0) is 4.79 Å². The largest absolute Gasteiger partial charge is 0.494 e. The molecular formula is C17H26ClNO2. The lowest BCUT2D eigenvalue weighted by atomic mass is 10.0. The maximum atomic E-state index is 12.1. The molecule has 0 unspecified atom stereocenters. The van der Waals surface area contributed by atoms with E-state index in [1.165, 1.54) is 0 Å². The van der Waals surface area contributed by atoms with E-state index < -0.39 is 0 Å². The summed E-state index contributed by atoms with van der Waals surface area (Å²) >= 11 is 5.82. The lowest BCUT2D eigenvalue weighted by Gasteiger charge is -2.22. The molecule has 0 heterocycles. The minimum Gasteiger partial charge on any atom is -0.494 e. The van der Waals surface area contributed by atoms with Crippen molar-refractivity contribution in [2.45, 2.75) is 39.5 Å². The number of halogens is 1. The van der Waals surface area contributed by atoms with Crippen LogP contribution in [0.3, 0.4) is 0 Å². The van der Waals surface area contributed by atoms with Gasteiger partial charge in [-0.3, -0.25) is 4.79 Å². The summed E-state index contributed by atoms with van der Waals surface area (Å²) < 4.78 is 5.63. The van der Waals surface area contributed by atoms with E-state index in [-0.39, 0.29) is 11.8 Å². The van der Waals surface area contributed by atoms with Crippen LogP contribution < -0.4 is 4.74 Å². The second-order valence-electron chi connectivity index (χ2n) is 5.28. The highest BCUT2D eigenvalue weighted by molar-refractivity contribution is 6.30. The van der Waals surface area contributed by atoms with Crippen molar-refractivity contribution in [1.29, 1.82) is 0 Å². The number of rotatable bonds is 9. The molecule has 0 bridgehead atoms. The molecule has 0 saturated carbocycles. The molecule has 0 aliphatic carbocycles. The summed E-state index contributed by atoms with van der Waals surface area (Å²) in [6.07, 6.45) is 3.72. The summed E-state index contributed by atoms with van der Waals surface area (Å²) in [5, 5.41) is 0.712. The maximum Gasteiger partial charge on any atom is 0.225 e. The molecule has 0 aliphatic heterocycles. The Morgan fingerprint density at radius 2 is 1.81 bits per heavy atom. The van der Waals surface area contributed by atoms with Crippen LogP contribution in [0.1, 0.15) is 39.5 Å². The number of nitrogens with zero attached hydrogens (tertiary/aromatic N) is 1. The highest BCUT2D eigenvalue weighted by Gasteiger charge is 2.17. The van der Waals surface area contributed by atoms with Crippen molar-refractivity contribution in [2.75, 3.05) is 20.2 Å². The summed E-state index contributed by atoms with van der Waals surface area (Å²) in [4.78, 5) is 14.0. The monoisotopic (exact) mass is 311 g/mol. The smallest absolute Gasteiger partial charge is 0.225 e. The van der Waals surface area contributed by atoms with Gasteiger partial charge in [0.15, 0.2) is 0 Å². The van der Waals surface area contributed by atoms with Crippen LogP contribution in [0.15, 0.2) is 24.3 Å². The minimum atomic E-state index is 0.167. The van der Waals surface area contributed by atoms with Crippen LogP contribution in [-0.4, -0.2) is 31.0 Å². The number of benzene rings is 1. The molecule has 118 valence electrons. The molecule has 1 aromatic rings. The molecule has 0 aliphatic rings. The molecule has 0 radical (unpaired) electrons. The van der Waals surface area contributed by atoms with Gasteiger partial charge >= 0.3 is 0 Å². The Hall–Kier alpha value is -1.22. The molecule has 1 rings (SSSR count). The molecule has 3 nitrogen and oxygen atoms in total. The third-order valence-electron chi connectivity index (χ3n) is 3.68. The zero-order valence-corrected chi connectivity index (χ0v) is 14.0. The molecule has 1 amide bonds. The molecule has 4 heteroatoms. The van der Waals surface area contributed by atoms with Crippen molar-refractivity contribution in [3.63, 3.8) is 0 Å². The van der Waals surface area contributed by atoms with Crippen LogP contribution in [0.4, 0.5) is 0 Å². The number of amides is 1. The van der Waals surface area contributed by atoms with E-state index in [4.69, 9.17) is 16.3 Å². The van der Waals surface area contributed by atoms with E-state index in [1.54, 1.807) is 0 Å². The van der Waals surface area contributed by atoms with Gasteiger partial charge in [-0.25, -0.2) is 0 Å². The second-order valence-corrected chi connectivity index (χ2v) is 5.72. The van der Waals surface area contributed by atoms with E-state index in [2.05, 4.69) is 13.8 Å². The average Bonchev–Trinajstić information content (AvgIpc) is 2.49. The molecule has 1 aromatic carbocycles. The van der Waals surface area contributed by atoms with Gasteiger partial charge in [0.05, 0.1) is 6.61 Å². The van der Waals surface area contributed by atoms with Crippen molar-refractivity contribution in [3.05, 3.63) is 29.3 Å².